The van der Waals surface area contributed by atoms with Crippen molar-refractivity contribution < 1.29 is 9.21 Å². The number of hydrogen-bond donors (Lipinski definition) is 0. The first kappa shape index (κ1) is 11.0. The molecule has 0 atom stereocenters. The molecule has 1 amide bonds. The lowest BCUT2D eigenvalue weighted by Crippen LogP contribution is -2.30. The molecule has 0 saturated heterocycles. The Morgan fingerprint density at radius 1 is 1.56 bits per heavy atom. The third-order valence-corrected chi connectivity index (χ3v) is 2.70. The molecular formula is C13H17NO2. The molecule has 86 valence electrons. The van der Waals surface area contributed by atoms with Crippen LogP contribution in [-0.4, -0.2) is 16.8 Å². The monoisotopic (exact) mass is 219 g/mol. The van der Waals surface area contributed by atoms with Crippen LogP contribution in [0.3, 0.4) is 0 Å². The minimum absolute atomic E-state index is 0.0825. The molecule has 1 fully saturated rings. The van der Waals surface area contributed by atoms with E-state index in [1.807, 2.05) is 30.9 Å². The van der Waals surface area contributed by atoms with Gasteiger partial charge in [-0.25, -0.2) is 0 Å². The standard InChI is InChI=1S/C13H17NO2/c1-3-4-13(15)14(11-6-7-11)9-12-8-5-10(2)16-12/h3-5,8,11H,6-7,9H2,1-2H3. The van der Waals surface area contributed by atoms with E-state index in [2.05, 4.69) is 0 Å². The summed E-state index contributed by atoms with van der Waals surface area (Å²) in [5.41, 5.74) is 0. The molecule has 0 aliphatic heterocycles. The van der Waals surface area contributed by atoms with E-state index in [0.717, 1.165) is 24.4 Å². The normalized spacial score (nSPS) is 15.6. The first-order valence-corrected chi connectivity index (χ1v) is 5.69. The molecule has 16 heavy (non-hydrogen) atoms. The Morgan fingerprint density at radius 2 is 2.31 bits per heavy atom. The van der Waals surface area contributed by atoms with Gasteiger partial charge in [-0.2, -0.15) is 0 Å². The van der Waals surface area contributed by atoms with E-state index in [4.69, 9.17) is 4.42 Å². The van der Waals surface area contributed by atoms with Crippen LogP contribution in [-0.2, 0) is 11.3 Å². The minimum Gasteiger partial charge on any atom is -0.464 e. The third-order valence-electron chi connectivity index (χ3n) is 2.70. The number of furan rings is 1. The SMILES string of the molecule is CC=CC(=O)N(Cc1ccc(C)o1)C1CC1. The van der Waals surface area contributed by atoms with Crippen LogP contribution < -0.4 is 0 Å². The summed E-state index contributed by atoms with van der Waals surface area (Å²) in [6.07, 6.45) is 5.63. The molecule has 0 aromatic carbocycles. The topological polar surface area (TPSA) is 33.5 Å². The van der Waals surface area contributed by atoms with Gasteiger partial charge in [0.25, 0.3) is 0 Å². The van der Waals surface area contributed by atoms with E-state index in [1.165, 1.54) is 0 Å². The molecule has 1 heterocycles. The summed E-state index contributed by atoms with van der Waals surface area (Å²) < 4.78 is 5.50. The zero-order valence-corrected chi connectivity index (χ0v) is 9.77. The summed E-state index contributed by atoms with van der Waals surface area (Å²) in [4.78, 5) is 13.7. The minimum atomic E-state index is 0.0825. The summed E-state index contributed by atoms with van der Waals surface area (Å²) in [7, 11) is 0. The molecule has 1 aromatic heterocycles. The molecule has 1 aliphatic carbocycles. The second-order valence-corrected chi connectivity index (χ2v) is 4.21. The van der Waals surface area contributed by atoms with Crippen molar-refractivity contribution in [2.45, 2.75) is 39.3 Å². The third kappa shape index (κ3) is 2.54. The number of aryl methyl sites for hydroxylation is 1. The molecule has 1 aliphatic rings. The van der Waals surface area contributed by atoms with E-state index < -0.39 is 0 Å². The number of hydrogen-bond acceptors (Lipinski definition) is 2. The van der Waals surface area contributed by atoms with Crippen molar-refractivity contribution >= 4 is 5.91 Å². The smallest absolute Gasteiger partial charge is 0.246 e. The Hall–Kier alpha value is -1.51. The van der Waals surface area contributed by atoms with E-state index >= 15 is 0 Å². The maximum absolute atomic E-state index is 11.8. The maximum Gasteiger partial charge on any atom is 0.246 e. The molecular weight excluding hydrogens is 202 g/mol. The van der Waals surface area contributed by atoms with Crippen LogP contribution in [0.15, 0.2) is 28.7 Å². The summed E-state index contributed by atoms with van der Waals surface area (Å²) in [5.74, 6) is 1.84. The van der Waals surface area contributed by atoms with Crippen LogP contribution in [0.25, 0.3) is 0 Å². The van der Waals surface area contributed by atoms with Gasteiger partial charge < -0.3 is 9.32 Å². The van der Waals surface area contributed by atoms with E-state index in [1.54, 1.807) is 12.2 Å². The predicted molar refractivity (Wildman–Crippen MR) is 61.8 cm³/mol. The van der Waals surface area contributed by atoms with Gasteiger partial charge in [0.15, 0.2) is 0 Å². The lowest BCUT2D eigenvalue weighted by Gasteiger charge is -2.19. The van der Waals surface area contributed by atoms with Crippen molar-refractivity contribution in [2.24, 2.45) is 0 Å². The van der Waals surface area contributed by atoms with Gasteiger partial charge in [0.1, 0.15) is 11.5 Å². The first-order valence-electron chi connectivity index (χ1n) is 5.69. The molecule has 1 saturated carbocycles. The highest BCUT2D eigenvalue weighted by molar-refractivity contribution is 5.87. The zero-order valence-electron chi connectivity index (χ0n) is 9.77. The molecule has 0 spiro atoms. The first-order chi connectivity index (χ1) is 7.70. The Balaban J connectivity index is 2.05. The number of carbonyl (C=O) groups is 1. The molecule has 3 nitrogen and oxygen atoms in total. The number of rotatable bonds is 4. The Bertz CT molecular complexity index is 402. The van der Waals surface area contributed by atoms with Gasteiger partial charge in [0, 0.05) is 6.04 Å². The quantitative estimate of drug-likeness (QED) is 0.729. The lowest BCUT2D eigenvalue weighted by atomic mass is 10.3. The molecule has 0 N–H and O–H groups in total. The van der Waals surface area contributed by atoms with Gasteiger partial charge in [-0.15, -0.1) is 0 Å². The van der Waals surface area contributed by atoms with Crippen molar-refractivity contribution in [3.63, 3.8) is 0 Å². The van der Waals surface area contributed by atoms with Crippen LogP contribution in [0.1, 0.15) is 31.3 Å². The highest BCUT2D eigenvalue weighted by atomic mass is 16.3. The Kier molecular flexibility index (Phi) is 3.13. The molecule has 0 bridgehead atoms. The molecule has 0 radical (unpaired) electrons. The maximum atomic E-state index is 11.8. The lowest BCUT2D eigenvalue weighted by molar-refractivity contribution is -0.127. The number of carbonyl (C=O) groups excluding carboxylic acids is 1. The van der Waals surface area contributed by atoms with Crippen LogP contribution in [0.2, 0.25) is 0 Å². The van der Waals surface area contributed by atoms with Crippen LogP contribution in [0.4, 0.5) is 0 Å². The van der Waals surface area contributed by atoms with Crippen molar-refractivity contribution in [1.82, 2.24) is 4.90 Å². The summed E-state index contributed by atoms with van der Waals surface area (Å²) >= 11 is 0. The van der Waals surface area contributed by atoms with Crippen molar-refractivity contribution in [3.05, 3.63) is 35.8 Å². The van der Waals surface area contributed by atoms with Crippen molar-refractivity contribution in [3.8, 4) is 0 Å². The van der Waals surface area contributed by atoms with Crippen LogP contribution in [0.5, 0.6) is 0 Å². The van der Waals surface area contributed by atoms with E-state index in [9.17, 15) is 4.79 Å². The van der Waals surface area contributed by atoms with Gasteiger partial charge in [0.2, 0.25) is 5.91 Å². The van der Waals surface area contributed by atoms with E-state index in [-0.39, 0.29) is 5.91 Å². The fraction of sp³-hybridized carbons (Fsp3) is 0.462. The second kappa shape index (κ2) is 4.56. The van der Waals surface area contributed by atoms with Gasteiger partial charge in [0.05, 0.1) is 6.54 Å². The average molecular weight is 219 g/mol. The molecule has 0 unspecified atom stereocenters. The Morgan fingerprint density at radius 3 is 2.81 bits per heavy atom. The summed E-state index contributed by atoms with van der Waals surface area (Å²) in [6.45, 7) is 4.36. The largest absolute Gasteiger partial charge is 0.464 e. The van der Waals surface area contributed by atoms with Crippen molar-refractivity contribution in [1.29, 1.82) is 0 Å². The fourth-order valence-electron chi connectivity index (χ4n) is 1.75. The Labute approximate surface area is 95.7 Å². The van der Waals surface area contributed by atoms with Crippen LogP contribution >= 0.6 is 0 Å². The summed E-state index contributed by atoms with van der Waals surface area (Å²) in [6, 6.07) is 4.28. The van der Waals surface area contributed by atoms with Gasteiger partial charge in [-0.3, -0.25) is 4.79 Å². The van der Waals surface area contributed by atoms with Gasteiger partial charge in [-0.1, -0.05) is 6.08 Å². The zero-order chi connectivity index (χ0) is 11.5. The average Bonchev–Trinajstić information content (AvgIpc) is 3.00. The van der Waals surface area contributed by atoms with Gasteiger partial charge in [-0.05, 0) is 44.9 Å². The summed E-state index contributed by atoms with van der Waals surface area (Å²) in [5, 5.41) is 0. The van der Waals surface area contributed by atoms with Gasteiger partial charge >= 0.3 is 0 Å². The van der Waals surface area contributed by atoms with Crippen LogP contribution in [0, 0.1) is 6.92 Å². The molecule has 1 aromatic rings. The predicted octanol–water partition coefficient (Wildman–Crippen LogP) is 2.66. The molecule has 2 rings (SSSR count). The molecule has 3 heteroatoms. The van der Waals surface area contributed by atoms with Crippen molar-refractivity contribution in [2.75, 3.05) is 0 Å². The number of amides is 1. The second-order valence-electron chi connectivity index (χ2n) is 4.21. The fourth-order valence-corrected chi connectivity index (χ4v) is 1.75. The number of allylic oxidation sites excluding steroid dienone is 1. The highest BCUT2D eigenvalue weighted by Gasteiger charge is 2.31. The highest BCUT2D eigenvalue weighted by Crippen LogP contribution is 2.28. The number of nitrogens with zero attached hydrogens (tertiary/aromatic N) is 1. The van der Waals surface area contributed by atoms with E-state index in [0.29, 0.717) is 12.6 Å².